The molecule has 0 unspecified atom stereocenters. The first-order valence-corrected chi connectivity index (χ1v) is 6.67. The SMILES string of the molecule is N#Cc1ccnc(NCCOC2CCOCC2)c1Cl. The number of pyridine rings is 1. The van der Waals surface area contributed by atoms with Crippen LogP contribution in [0.1, 0.15) is 18.4 Å². The molecule has 0 saturated carbocycles. The van der Waals surface area contributed by atoms with E-state index in [1.165, 1.54) is 0 Å². The van der Waals surface area contributed by atoms with Crippen molar-refractivity contribution in [1.29, 1.82) is 5.26 Å². The summed E-state index contributed by atoms with van der Waals surface area (Å²) in [5.41, 5.74) is 0.421. The number of nitrogens with zero attached hydrogens (tertiary/aromatic N) is 2. The normalized spacial score (nSPS) is 16.0. The molecule has 0 atom stereocenters. The fourth-order valence-electron chi connectivity index (χ4n) is 1.89. The maximum Gasteiger partial charge on any atom is 0.146 e. The van der Waals surface area contributed by atoms with Crippen LogP contribution in [0.25, 0.3) is 0 Å². The van der Waals surface area contributed by atoms with Crippen molar-refractivity contribution < 1.29 is 9.47 Å². The number of halogens is 1. The maximum atomic E-state index is 8.86. The highest BCUT2D eigenvalue weighted by molar-refractivity contribution is 6.34. The van der Waals surface area contributed by atoms with Crippen LogP contribution in [0.3, 0.4) is 0 Å². The third-order valence-electron chi connectivity index (χ3n) is 2.93. The number of hydrogen-bond acceptors (Lipinski definition) is 5. The lowest BCUT2D eigenvalue weighted by atomic mass is 10.2. The van der Waals surface area contributed by atoms with E-state index in [1.54, 1.807) is 12.3 Å². The molecule has 1 aromatic heterocycles. The number of nitrogens with one attached hydrogen (secondary N) is 1. The molecule has 2 rings (SSSR count). The molecule has 19 heavy (non-hydrogen) atoms. The van der Waals surface area contributed by atoms with Crippen LogP contribution in [0, 0.1) is 11.3 Å². The minimum atomic E-state index is 0.282. The molecule has 0 spiro atoms. The lowest BCUT2D eigenvalue weighted by Crippen LogP contribution is -2.25. The number of nitriles is 1. The van der Waals surface area contributed by atoms with E-state index in [9.17, 15) is 0 Å². The van der Waals surface area contributed by atoms with Gasteiger partial charge in [-0.2, -0.15) is 5.26 Å². The molecule has 1 fully saturated rings. The molecule has 1 saturated heterocycles. The van der Waals surface area contributed by atoms with Crippen LogP contribution in [0.5, 0.6) is 0 Å². The highest BCUT2D eigenvalue weighted by Crippen LogP contribution is 2.22. The van der Waals surface area contributed by atoms with E-state index < -0.39 is 0 Å². The zero-order chi connectivity index (χ0) is 13.5. The molecule has 1 aliphatic heterocycles. The Morgan fingerprint density at radius 1 is 1.53 bits per heavy atom. The van der Waals surface area contributed by atoms with Gasteiger partial charge >= 0.3 is 0 Å². The van der Waals surface area contributed by atoms with E-state index in [2.05, 4.69) is 10.3 Å². The van der Waals surface area contributed by atoms with Crippen molar-refractivity contribution in [2.75, 3.05) is 31.7 Å². The van der Waals surface area contributed by atoms with Crippen LogP contribution in [0.15, 0.2) is 12.3 Å². The summed E-state index contributed by atoms with van der Waals surface area (Å²) in [6, 6.07) is 3.61. The third-order valence-corrected chi connectivity index (χ3v) is 3.31. The van der Waals surface area contributed by atoms with Gasteiger partial charge in [0.15, 0.2) is 0 Å². The van der Waals surface area contributed by atoms with E-state index in [0.29, 0.717) is 29.6 Å². The molecule has 1 aliphatic rings. The molecule has 0 aliphatic carbocycles. The Hall–Kier alpha value is -1.35. The number of hydrogen-bond donors (Lipinski definition) is 1. The van der Waals surface area contributed by atoms with Gasteiger partial charge in [0.1, 0.15) is 16.9 Å². The molecule has 2 heterocycles. The van der Waals surface area contributed by atoms with Gasteiger partial charge in [0.05, 0.1) is 18.3 Å². The van der Waals surface area contributed by atoms with Gasteiger partial charge in [0.2, 0.25) is 0 Å². The first kappa shape index (κ1) is 14.1. The zero-order valence-corrected chi connectivity index (χ0v) is 11.3. The number of rotatable bonds is 5. The summed E-state index contributed by atoms with van der Waals surface area (Å²) in [5, 5.41) is 12.3. The topological polar surface area (TPSA) is 67.2 Å². The van der Waals surface area contributed by atoms with Crippen LogP contribution in [0.2, 0.25) is 5.02 Å². The molecule has 102 valence electrons. The summed E-state index contributed by atoms with van der Waals surface area (Å²) in [7, 11) is 0. The van der Waals surface area contributed by atoms with Gasteiger partial charge in [0.25, 0.3) is 0 Å². The second kappa shape index (κ2) is 7.29. The predicted molar refractivity (Wildman–Crippen MR) is 72.2 cm³/mol. The van der Waals surface area contributed by atoms with Crippen molar-refractivity contribution in [3.05, 3.63) is 22.8 Å². The summed E-state index contributed by atoms with van der Waals surface area (Å²) in [6.45, 7) is 2.74. The van der Waals surface area contributed by atoms with Gasteiger partial charge in [-0.3, -0.25) is 0 Å². The monoisotopic (exact) mass is 281 g/mol. The Labute approximate surface area is 117 Å². The van der Waals surface area contributed by atoms with Crippen LogP contribution in [-0.4, -0.2) is 37.5 Å². The Kier molecular flexibility index (Phi) is 5.40. The van der Waals surface area contributed by atoms with Gasteiger partial charge in [-0.1, -0.05) is 11.6 Å². The summed E-state index contributed by atoms with van der Waals surface area (Å²) in [4.78, 5) is 4.10. The molecular formula is C13H16ClN3O2. The Morgan fingerprint density at radius 2 is 2.32 bits per heavy atom. The molecule has 1 aromatic rings. The summed E-state index contributed by atoms with van der Waals surface area (Å²) in [5.74, 6) is 0.524. The molecule has 5 nitrogen and oxygen atoms in total. The molecule has 6 heteroatoms. The number of anilines is 1. The summed E-state index contributed by atoms with van der Waals surface area (Å²) >= 11 is 6.03. The predicted octanol–water partition coefficient (Wildman–Crippen LogP) is 2.21. The van der Waals surface area contributed by atoms with Gasteiger partial charge < -0.3 is 14.8 Å². The van der Waals surface area contributed by atoms with Crippen LogP contribution < -0.4 is 5.32 Å². The second-order valence-corrected chi connectivity index (χ2v) is 4.62. The fraction of sp³-hybridized carbons (Fsp3) is 0.538. The van der Waals surface area contributed by atoms with Crippen molar-refractivity contribution in [2.24, 2.45) is 0 Å². The molecule has 0 amide bonds. The van der Waals surface area contributed by atoms with Crippen LogP contribution in [-0.2, 0) is 9.47 Å². The van der Waals surface area contributed by atoms with Crippen molar-refractivity contribution in [3.63, 3.8) is 0 Å². The Bertz CT molecular complexity index is 456. The number of aromatic nitrogens is 1. The summed E-state index contributed by atoms with van der Waals surface area (Å²) < 4.78 is 11.0. The highest BCUT2D eigenvalue weighted by atomic mass is 35.5. The lowest BCUT2D eigenvalue weighted by Gasteiger charge is -2.22. The molecular weight excluding hydrogens is 266 g/mol. The van der Waals surface area contributed by atoms with Crippen molar-refractivity contribution in [3.8, 4) is 6.07 Å². The maximum absolute atomic E-state index is 8.86. The van der Waals surface area contributed by atoms with Crippen molar-refractivity contribution >= 4 is 17.4 Å². The van der Waals surface area contributed by atoms with Crippen LogP contribution in [0.4, 0.5) is 5.82 Å². The van der Waals surface area contributed by atoms with Gasteiger partial charge in [0, 0.05) is 26.0 Å². The van der Waals surface area contributed by atoms with E-state index in [4.69, 9.17) is 26.3 Å². The highest BCUT2D eigenvalue weighted by Gasteiger charge is 2.13. The average molecular weight is 282 g/mol. The molecule has 0 radical (unpaired) electrons. The standard InChI is InChI=1S/C13H16ClN3O2/c14-12-10(9-15)1-4-16-13(12)17-5-8-19-11-2-6-18-7-3-11/h1,4,11H,2-3,5-8H2,(H,16,17). The van der Waals surface area contributed by atoms with Gasteiger partial charge in [-0.25, -0.2) is 4.98 Å². The molecule has 1 N–H and O–H groups in total. The third kappa shape index (κ3) is 4.06. The van der Waals surface area contributed by atoms with Gasteiger partial charge in [-0.15, -0.1) is 0 Å². The second-order valence-electron chi connectivity index (χ2n) is 4.24. The van der Waals surface area contributed by atoms with Crippen molar-refractivity contribution in [1.82, 2.24) is 4.98 Å². The minimum Gasteiger partial charge on any atom is -0.381 e. The lowest BCUT2D eigenvalue weighted by molar-refractivity contribution is -0.0283. The largest absolute Gasteiger partial charge is 0.381 e. The minimum absolute atomic E-state index is 0.282. The first-order valence-electron chi connectivity index (χ1n) is 6.29. The zero-order valence-electron chi connectivity index (χ0n) is 10.6. The summed E-state index contributed by atoms with van der Waals surface area (Å²) in [6.07, 6.45) is 3.74. The molecule has 0 aromatic carbocycles. The quantitative estimate of drug-likeness (QED) is 0.838. The smallest absolute Gasteiger partial charge is 0.146 e. The van der Waals surface area contributed by atoms with Crippen molar-refractivity contribution in [2.45, 2.75) is 18.9 Å². The van der Waals surface area contributed by atoms with Gasteiger partial charge in [-0.05, 0) is 18.9 Å². The van der Waals surface area contributed by atoms with E-state index in [-0.39, 0.29) is 6.10 Å². The average Bonchev–Trinajstić information content (AvgIpc) is 2.46. The van der Waals surface area contributed by atoms with E-state index in [0.717, 1.165) is 26.1 Å². The fourth-order valence-corrected chi connectivity index (χ4v) is 2.11. The van der Waals surface area contributed by atoms with E-state index in [1.807, 2.05) is 6.07 Å². The number of ether oxygens (including phenoxy) is 2. The Balaban J connectivity index is 1.75. The molecule has 0 bridgehead atoms. The Morgan fingerprint density at radius 3 is 3.05 bits per heavy atom. The first-order chi connectivity index (χ1) is 9.31. The van der Waals surface area contributed by atoms with E-state index >= 15 is 0 Å². The van der Waals surface area contributed by atoms with Crippen LogP contribution >= 0.6 is 11.6 Å².